The van der Waals surface area contributed by atoms with E-state index in [1.165, 1.54) is 13.4 Å². The molecule has 128 valence electrons. The fourth-order valence-electron chi connectivity index (χ4n) is 1.29. The number of urea groups is 1. The van der Waals surface area contributed by atoms with Crippen molar-refractivity contribution < 1.29 is 18.8 Å². The van der Waals surface area contributed by atoms with E-state index in [2.05, 4.69) is 44.5 Å². The summed E-state index contributed by atoms with van der Waals surface area (Å²) in [5.41, 5.74) is 0.332. The number of carbonyl (C=O) groups excluding carboxylic acids is 2. The molecule has 0 aromatic carbocycles. The van der Waals surface area contributed by atoms with Gasteiger partial charge in [0, 0.05) is 18.7 Å². The zero-order valence-corrected chi connectivity index (χ0v) is 15.8. The van der Waals surface area contributed by atoms with Gasteiger partial charge in [-0.2, -0.15) is 0 Å². The molecule has 0 radical (unpaired) electrons. The molecular formula is C15H30N2O4Si. The average molecular weight is 331 g/mol. The predicted octanol–water partition coefficient (Wildman–Crippen LogP) is 2.77. The third kappa shape index (κ3) is 7.60. The lowest BCUT2D eigenvalue weighted by Crippen LogP contribution is -2.42. The van der Waals surface area contributed by atoms with Gasteiger partial charge in [-0.25, -0.2) is 4.79 Å². The maximum absolute atomic E-state index is 11.5. The zero-order valence-electron chi connectivity index (χ0n) is 14.8. The Balaban J connectivity index is 3.96. The van der Waals surface area contributed by atoms with Crippen molar-refractivity contribution in [2.24, 2.45) is 0 Å². The number of methoxy groups -OCH3 is 1. The van der Waals surface area contributed by atoms with E-state index in [-0.39, 0.29) is 5.04 Å². The molecule has 0 atom stereocenters. The molecule has 3 amide bonds. The predicted molar refractivity (Wildman–Crippen MR) is 90.1 cm³/mol. The lowest BCUT2D eigenvalue weighted by molar-refractivity contribution is -0.116. The van der Waals surface area contributed by atoms with Crippen molar-refractivity contribution in [3.63, 3.8) is 0 Å². The molecule has 0 aliphatic carbocycles. The van der Waals surface area contributed by atoms with E-state index in [0.717, 1.165) is 0 Å². The molecule has 22 heavy (non-hydrogen) atoms. The first-order chi connectivity index (χ1) is 10.0. The van der Waals surface area contributed by atoms with Gasteiger partial charge in [0.1, 0.15) is 0 Å². The quantitative estimate of drug-likeness (QED) is 0.326. The largest absolute Gasteiger partial charge is 0.504 e. The molecule has 0 heterocycles. The molecule has 0 spiro atoms. The molecule has 0 fully saturated rings. The Hall–Kier alpha value is -1.34. The van der Waals surface area contributed by atoms with Gasteiger partial charge in [0.15, 0.2) is 8.32 Å². The van der Waals surface area contributed by atoms with Crippen LogP contribution >= 0.6 is 0 Å². The number of ether oxygens (including phenoxy) is 1. The van der Waals surface area contributed by atoms with Crippen molar-refractivity contribution in [3.05, 3.63) is 11.8 Å². The van der Waals surface area contributed by atoms with Crippen molar-refractivity contribution in [3.8, 4) is 0 Å². The number of nitrogens with one attached hydrogen (secondary N) is 2. The minimum atomic E-state index is -1.74. The first kappa shape index (κ1) is 20.7. The molecule has 0 aliphatic rings. The van der Waals surface area contributed by atoms with Crippen LogP contribution in [0.4, 0.5) is 4.79 Å². The summed E-state index contributed by atoms with van der Waals surface area (Å²) in [5.74, 6) is -0.475. The first-order valence-electron chi connectivity index (χ1n) is 7.44. The minimum Gasteiger partial charge on any atom is -0.504 e. The van der Waals surface area contributed by atoms with Crippen molar-refractivity contribution in [2.75, 3.05) is 20.3 Å². The number of imide groups is 1. The molecular weight excluding hydrogens is 300 g/mol. The van der Waals surface area contributed by atoms with E-state index in [9.17, 15) is 9.59 Å². The Kier molecular flexibility index (Phi) is 8.40. The molecule has 0 saturated heterocycles. The molecule has 0 unspecified atom stereocenters. The van der Waals surface area contributed by atoms with Crippen LogP contribution in [-0.2, 0) is 14.0 Å². The van der Waals surface area contributed by atoms with Gasteiger partial charge in [-0.3, -0.25) is 10.1 Å². The smallest absolute Gasteiger partial charge is 0.321 e. The molecule has 0 saturated carbocycles. The van der Waals surface area contributed by atoms with Gasteiger partial charge >= 0.3 is 6.03 Å². The maximum Gasteiger partial charge on any atom is 0.321 e. The van der Waals surface area contributed by atoms with E-state index >= 15 is 0 Å². The van der Waals surface area contributed by atoms with Gasteiger partial charge in [0.2, 0.25) is 0 Å². The van der Waals surface area contributed by atoms with Crippen molar-refractivity contribution in [1.29, 1.82) is 0 Å². The molecule has 2 N–H and O–H groups in total. The lowest BCUT2D eigenvalue weighted by atomic mass is 10.2. The highest BCUT2D eigenvalue weighted by atomic mass is 28.4. The molecule has 0 bridgehead atoms. The number of amides is 3. The van der Waals surface area contributed by atoms with Gasteiger partial charge in [-0.1, -0.05) is 20.8 Å². The second-order valence-corrected chi connectivity index (χ2v) is 11.5. The van der Waals surface area contributed by atoms with Gasteiger partial charge < -0.3 is 14.5 Å². The monoisotopic (exact) mass is 330 g/mol. The van der Waals surface area contributed by atoms with E-state index in [4.69, 9.17) is 9.16 Å². The van der Waals surface area contributed by atoms with Crippen LogP contribution in [0, 0.1) is 0 Å². The SMILES string of the molecule is COC=C(C)C(=O)NC(=O)NCCCO[Si](C)(C)C(C)(C)C. The normalized spacial score (nSPS) is 12.8. The zero-order chi connectivity index (χ0) is 17.4. The second kappa shape index (κ2) is 8.95. The van der Waals surface area contributed by atoms with Gasteiger partial charge in [0.05, 0.1) is 13.4 Å². The first-order valence-corrected chi connectivity index (χ1v) is 10.3. The Labute approximate surface area is 134 Å². The molecule has 7 heteroatoms. The van der Waals surface area contributed by atoms with E-state index in [1.54, 1.807) is 6.92 Å². The topological polar surface area (TPSA) is 76.7 Å². The summed E-state index contributed by atoms with van der Waals surface area (Å²) in [5, 5.41) is 5.03. The van der Waals surface area contributed by atoms with Crippen LogP contribution in [0.2, 0.25) is 18.1 Å². The standard InChI is InChI=1S/C15H30N2O4Si/c1-12(11-20-5)13(18)17-14(19)16-9-8-10-21-22(6,7)15(2,3)4/h11H,8-10H2,1-7H3,(H2,16,17,18,19). The highest BCUT2D eigenvalue weighted by Gasteiger charge is 2.36. The fraction of sp³-hybridized carbons (Fsp3) is 0.733. The summed E-state index contributed by atoms with van der Waals surface area (Å²) in [4.78, 5) is 23.1. The van der Waals surface area contributed by atoms with Crippen molar-refractivity contribution in [1.82, 2.24) is 10.6 Å². The van der Waals surface area contributed by atoms with Crippen LogP contribution in [0.5, 0.6) is 0 Å². The third-order valence-electron chi connectivity index (χ3n) is 3.76. The van der Waals surface area contributed by atoms with Crippen molar-refractivity contribution >= 4 is 20.3 Å². The summed E-state index contributed by atoms with van der Waals surface area (Å²) < 4.78 is 10.7. The van der Waals surface area contributed by atoms with Gasteiger partial charge in [0.25, 0.3) is 5.91 Å². The Morgan fingerprint density at radius 3 is 2.32 bits per heavy atom. The third-order valence-corrected chi connectivity index (χ3v) is 8.29. The fourth-order valence-corrected chi connectivity index (χ4v) is 2.38. The summed E-state index contributed by atoms with van der Waals surface area (Å²) in [6.07, 6.45) is 2.00. The van der Waals surface area contributed by atoms with Gasteiger partial charge in [-0.05, 0) is 31.5 Å². The maximum atomic E-state index is 11.5. The average Bonchev–Trinajstić information content (AvgIpc) is 2.36. The number of rotatable bonds is 7. The minimum absolute atomic E-state index is 0.176. The van der Waals surface area contributed by atoms with Crippen LogP contribution in [-0.4, -0.2) is 40.5 Å². The Morgan fingerprint density at radius 2 is 1.82 bits per heavy atom. The highest BCUT2D eigenvalue weighted by Crippen LogP contribution is 2.36. The van der Waals surface area contributed by atoms with Crippen LogP contribution < -0.4 is 10.6 Å². The van der Waals surface area contributed by atoms with E-state index in [0.29, 0.717) is 25.1 Å². The van der Waals surface area contributed by atoms with Crippen LogP contribution in [0.3, 0.4) is 0 Å². The molecule has 0 aliphatic heterocycles. The second-order valence-electron chi connectivity index (χ2n) is 6.71. The molecule has 0 rings (SSSR count). The molecule has 0 aromatic rings. The summed E-state index contributed by atoms with van der Waals surface area (Å²) >= 11 is 0. The van der Waals surface area contributed by atoms with Gasteiger partial charge in [-0.15, -0.1) is 0 Å². The summed E-state index contributed by atoms with van der Waals surface area (Å²) in [7, 11) is -0.292. The summed E-state index contributed by atoms with van der Waals surface area (Å²) in [6.45, 7) is 13.6. The highest BCUT2D eigenvalue weighted by molar-refractivity contribution is 6.74. The van der Waals surface area contributed by atoms with Crippen LogP contribution in [0.15, 0.2) is 11.8 Å². The Bertz CT molecular complexity index is 414. The Morgan fingerprint density at radius 1 is 1.23 bits per heavy atom. The number of hydrogen-bond acceptors (Lipinski definition) is 4. The van der Waals surface area contributed by atoms with Crippen molar-refractivity contribution in [2.45, 2.75) is 52.2 Å². The number of carbonyl (C=O) groups is 2. The molecule has 0 aromatic heterocycles. The van der Waals surface area contributed by atoms with E-state index < -0.39 is 20.3 Å². The number of hydrogen-bond donors (Lipinski definition) is 2. The lowest BCUT2D eigenvalue weighted by Gasteiger charge is -2.36. The van der Waals surface area contributed by atoms with Crippen LogP contribution in [0.1, 0.15) is 34.1 Å². The van der Waals surface area contributed by atoms with E-state index in [1.807, 2.05) is 0 Å². The van der Waals surface area contributed by atoms with Crippen LogP contribution in [0.25, 0.3) is 0 Å². The summed E-state index contributed by atoms with van der Waals surface area (Å²) in [6, 6.07) is -0.513. The molecule has 6 nitrogen and oxygen atoms in total.